The number of Topliss-reactive ketones (excluding diaryl/α,β-unsaturated/α-hetero) is 1. The Morgan fingerprint density at radius 2 is 1.89 bits per heavy atom. The van der Waals surface area contributed by atoms with Gasteiger partial charge in [-0.15, -0.1) is 0 Å². The highest BCUT2D eigenvalue weighted by Crippen LogP contribution is 2.36. The molecule has 1 fully saturated rings. The predicted octanol–water partition coefficient (Wildman–Crippen LogP) is 3.97. The highest BCUT2D eigenvalue weighted by molar-refractivity contribution is 5.87. The second kappa shape index (κ2) is 6.79. The van der Waals surface area contributed by atoms with E-state index >= 15 is 0 Å². The highest BCUT2D eigenvalue weighted by Gasteiger charge is 2.37. The summed E-state index contributed by atoms with van der Waals surface area (Å²) in [6, 6.07) is 3.83. The van der Waals surface area contributed by atoms with Crippen molar-refractivity contribution in [3.8, 4) is 11.3 Å². The summed E-state index contributed by atoms with van der Waals surface area (Å²) in [6.45, 7) is 0. The van der Waals surface area contributed by atoms with Crippen molar-refractivity contribution >= 4 is 16.6 Å². The summed E-state index contributed by atoms with van der Waals surface area (Å²) in [5.41, 5.74) is 2.37. The number of hydrogen-bond donors (Lipinski definition) is 0. The van der Waals surface area contributed by atoms with Gasteiger partial charge < -0.3 is 0 Å². The van der Waals surface area contributed by atoms with Crippen LogP contribution in [0.3, 0.4) is 0 Å². The number of nitrogens with zero attached hydrogens (tertiary/aromatic N) is 4. The van der Waals surface area contributed by atoms with Crippen LogP contribution in [-0.4, -0.2) is 31.5 Å². The minimum Gasteiger partial charge on any atom is -0.299 e. The second-order valence-corrected chi connectivity index (χ2v) is 7.27. The van der Waals surface area contributed by atoms with Crippen LogP contribution in [0.15, 0.2) is 36.9 Å². The number of aromatic nitrogens is 4. The highest BCUT2D eigenvalue weighted by atomic mass is 19.3. The van der Waals surface area contributed by atoms with Crippen LogP contribution < -0.4 is 0 Å². The van der Waals surface area contributed by atoms with Gasteiger partial charge in [0.15, 0.2) is 0 Å². The van der Waals surface area contributed by atoms with Gasteiger partial charge in [0.25, 0.3) is 0 Å². The van der Waals surface area contributed by atoms with E-state index in [1.807, 2.05) is 25.4 Å². The topological polar surface area (TPSA) is 60.7 Å². The first-order chi connectivity index (χ1) is 12.9. The first kappa shape index (κ1) is 17.7. The lowest BCUT2D eigenvalue weighted by Crippen LogP contribution is -2.29. The minimum atomic E-state index is -2.62. The molecule has 7 heteroatoms. The number of fused-ring (bicyclic) bond motifs is 1. The third-order valence-electron chi connectivity index (χ3n) is 5.19. The van der Waals surface area contributed by atoms with Gasteiger partial charge in [0, 0.05) is 67.5 Å². The Kier molecular flexibility index (Phi) is 4.45. The Balaban J connectivity index is 1.53. The molecule has 0 spiro atoms. The molecule has 1 aliphatic rings. The number of carbonyl (C=O) groups is 1. The molecule has 0 saturated heterocycles. The molecule has 0 radical (unpaired) electrons. The fourth-order valence-electron chi connectivity index (χ4n) is 3.58. The van der Waals surface area contributed by atoms with Gasteiger partial charge in [0.1, 0.15) is 5.78 Å². The monoisotopic (exact) mass is 370 g/mol. The van der Waals surface area contributed by atoms with Crippen molar-refractivity contribution in [3.63, 3.8) is 0 Å². The van der Waals surface area contributed by atoms with Crippen molar-refractivity contribution in [3.05, 3.63) is 42.6 Å². The van der Waals surface area contributed by atoms with Crippen molar-refractivity contribution in [1.82, 2.24) is 19.7 Å². The average Bonchev–Trinajstić information content (AvgIpc) is 3.07. The van der Waals surface area contributed by atoms with Gasteiger partial charge in [-0.25, -0.2) is 8.78 Å². The van der Waals surface area contributed by atoms with E-state index in [-0.39, 0.29) is 43.8 Å². The molecule has 0 atom stereocenters. The fraction of sp³-hybridized carbons (Fsp3) is 0.400. The first-order valence-electron chi connectivity index (χ1n) is 9.04. The first-order valence-corrected chi connectivity index (χ1v) is 9.04. The SMILES string of the molecule is Cn1cc(-c2cc3cc(CC(=O)C4CCC(F)(F)CC4)ncc3cn2)cn1. The van der Waals surface area contributed by atoms with Crippen molar-refractivity contribution in [1.29, 1.82) is 0 Å². The third-order valence-corrected chi connectivity index (χ3v) is 5.19. The summed E-state index contributed by atoms with van der Waals surface area (Å²) in [6.07, 6.45) is 7.38. The quantitative estimate of drug-likeness (QED) is 0.697. The van der Waals surface area contributed by atoms with E-state index < -0.39 is 5.92 Å². The molecular formula is C20H20F2N4O. The lowest BCUT2D eigenvalue weighted by atomic mass is 9.83. The summed E-state index contributed by atoms with van der Waals surface area (Å²) in [4.78, 5) is 21.3. The number of rotatable bonds is 4. The van der Waals surface area contributed by atoms with Crippen LogP contribution in [0, 0.1) is 5.92 Å². The second-order valence-electron chi connectivity index (χ2n) is 7.27. The molecule has 1 aliphatic carbocycles. The van der Waals surface area contributed by atoms with E-state index in [1.54, 1.807) is 23.3 Å². The van der Waals surface area contributed by atoms with Crippen LogP contribution in [0.25, 0.3) is 22.0 Å². The number of carbonyl (C=O) groups excluding carboxylic acids is 1. The Labute approximate surface area is 155 Å². The summed E-state index contributed by atoms with van der Waals surface area (Å²) in [5.74, 6) is -2.90. The van der Waals surface area contributed by atoms with Crippen LogP contribution in [0.2, 0.25) is 0 Å². The Bertz CT molecular complexity index is 989. The van der Waals surface area contributed by atoms with Crippen LogP contribution in [0.4, 0.5) is 8.78 Å². The molecule has 4 rings (SSSR count). The van der Waals surface area contributed by atoms with Gasteiger partial charge in [0.2, 0.25) is 5.92 Å². The zero-order valence-electron chi connectivity index (χ0n) is 15.0. The van der Waals surface area contributed by atoms with Crippen molar-refractivity contribution in [2.45, 2.75) is 38.0 Å². The maximum atomic E-state index is 13.3. The zero-order chi connectivity index (χ0) is 19.0. The summed E-state index contributed by atoms with van der Waals surface area (Å²) < 4.78 is 28.3. The van der Waals surface area contributed by atoms with Gasteiger partial charge in [0.05, 0.1) is 11.9 Å². The molecule has 27 heavy (non-hydrogen) atoms. The van der Waals surface area contributed by atoms with Crippen LogP contribution in [-0.2, 0) is 18.3 Å². The van der Waals surface area contributed by atoms with Crippen LogP contribution >= 0.6 is 0 Å². The molecule has 0 unspecified atom stereocenters. The molecule has 1 saturated carbocycles. The molecule has 3 aromatic heterocycles. The molecule has 3 aromatic rings. The van der Waals surface area contributed by atoms with E-state index in [4.69, 9.17) is 0 Å². The molecule has 3 heterocycles. The van der Waals surface area contributed by atoms with Crippen LogP contribution in [0.5, 0.6) is 0 Å². The molecule has 0 aliphatic heterocycles. The van der Waals surface area contributed by atoms with Gasteiger partial charge in [-0.05, 0) is 30.4 Å². The standard InChI is InChI=1S/C20H20F2N4O/c1-26-12-16(11-25-26)18-7-14-6-17(23-9-15(14)10-24-18)8-19(27)13-2-4-20(21,22)5-3-13/h6-7,9-13H,2-5,8H2,1H3. The minimum absolute atomic E-state index is 0.00103. The van der Waals surface area contributed by atoms with Gasteiger partial charge in [-0.2, -0.15) is 5.10 Å². The third kappa shape index (κ3) is 3.86. The Morgan fingerprint density at radius 1 is 1.15 bits per heavy atom. The lowest BCUT2D eigenvalue weighted by Gasteiger charge is -2.27. The van der Waals surface area contributed by atoms with E-state index in [9.17, 15) is 13.6 Å². The molecular weight excluding hydrogens is 350 g/mol. The van der Waals surface area contributed by atoms with E-state index in [2.05, 4.69) is 15.1 Å². The smallest absolute Gasteiger partial charge is 0.248 e. The van der Waals surface area contributed by atoms with E-state index in [0.29, 0.717) is 5.69 Å². The molecule has 140 valence electrons. The van der Waals surface area contributed by atoms with Crippen molar-refractivity contribution in [2.24, 2.45) is 13.0 Å². The number of ketones is 1. The number of hydrogen-bond acceptors (Lipinski definition) is 4. The number of aryl methyl sites for hydroxylation is 1. The predicted molar refractivity (Wildman–Crippen MR) is 97.4 cm³/mol. The normalized spacial score (nSPS) is 17.3. The fourth-order valence-corrected chi connectivity index (χ4v) is 3.58. The maximum Gasteiger partial charge on any atom is 0.248 e. The number of pyridine rings is 2. The van der Waals surface area contributed by atoms with Gasteiger partial charge in [-0.1, -0.05) is 0 Å². The zero-order valence-corrected chi connectivity index (χ0v) is 15.0. The largest absolute Gasteiger partial charge is 0.299 e. The molecule has 0 bridgehead atoms. The summed E-state index contributed by atoms with van der Waals surface area (Å²) in [7, 11) is 1.85. The molecule has 0 N–H and O–H groups in total. The van der Waals surface area contributed by atoms with Gasteiger partial charge in [-0.3, -0.25) is 19.4 Å². The maximum absolute atomic E-state index is 13.3. The van der Waals surface area contributed by atoms with E-state index in [1.165, 1.54) is 0 Å². The Hall–Kier alpha value is -2.70. The van der Waals surface area contributed by atoms with E-state index in [0.717, 1.165) is 22.0 Å². The number of alkyl halides is 2. The summed E-state index contributed by atoms with van der Waals surface area (Å²) in [5, 5.41) is 5.99. The van der Waals surface area contributed by atoms with Crippen molar-refractivity contribution in [2.75, 3.05) is 0 Å². The van der Waals surface area contributed by atoms with Crippen LogP contribution in [0.1, 0.15) is 31.4 Å². The molecule has 5 nitrogen and oxygen atoms in total. The molecule has 0 amide bonds. The van der Waals surface area contributed by atoms with Crippen molar-refractivity contribution < 1.29 is 13.6 Å². The average molecular weight is 370 g/mol. The summed E-state index contributed by atoms with van der Waals surface area (Å²) >= 11 is 0. The number of halogens is 2. The lowest BCUT2D eigenvalue weighted by molar-refractivity contribution is -0.126. The van der Waals surface area contributed by atoms with Gasteiger partial charge >= 0.3 is 0 Å². The Morgan fingerprint density at radius 3 is 2.59 bits per heavy atom. The molecule has 0 aromatic carbocycles.